The zero-order valence-electron chi connectivity index (χ0n) is 11.7. The van der Waals surface area contributed by atoms with Crippen molar-refractivity contribution in [2.75, 3.05) is 6.54 Å². The first-order valence-corrected chi connectivity index (χ1v) is 6.94. The van der Waals surface area contributed by atoms with E-state index in [0.29, 0.717) is 13.0 Å². The van der Waals surface area contributed by atoms with Gasteiger partial charge >= 0.3 is 12.0 Å². The number of carbonyl (C=O) groups excluding carboxylic acids is 1. The van der Waals surface area contributed by atoms with Gasteiger partial charge in [0, 0.05) is 6.54 Å². The molecule has 0 spiro atoms. The average Bonchev–Trinajstić information content (AvgIpc) is 2.80. The molecule has 0 heterocycles. The summed E-state index contributed by atoms with van der Waals surface area (Å²) < 4.78 is 0. The SMILES string of the molecule is CC(C)C[C@@H](NC(=O)NCCC1=CCCC1)C(=O)O. The molecule has 1 atom stereocenters. The lowest BCUT2D eigenvalue weighted by atomic mass is 10.0. The molecule has 0 saturated carbocycles. The molecule has 0 unspecified atom stereocenters. The normalized spacial score (nSPS) is 16.1. The van der Waals surface area contributed by atoms with E-state index in [0.717, 1.165) is 19.3 Å². The average molecular weight is 268 g/mol. The van der Waals surface area contributed by atoms with Crippen LogP contribution in [0.15, 0.2) is 11.6 Å². The molecule has 2 amide bonds. The maximum Gasteiger partial charge on any atom is 0.326 e. The number of amides is 2. The van der Waals surface area contributed by atoms with Crippen molar-refractivity contribution in [1.29, 1.82) is 0 Å². The monoisotopic (exact) mass is 268 g/mol. The fraction of sp³-hybridized carbons (Fsp3) is 0.714. The molecule has 1 rings (SSSR count). The number of nitrogens with one attached hydrogen (secondary N) is 2. The van der Waals surface area contributed by atoms with E-state index in [9.17, 15) is 9.59 Å². The third-order valence-electron chi connectivity index (χ3n) is 3.18. The second-order valence-corrected chi connectivity index (χ2v) is 5.43. The van der Waals surface area contributed by atoms with E-state index >= 15 is 0 Å². The van der Waals surface area contributed by atoms with Gasteiger partial charge in [-0.25, -0.2) is 9.59 Å². The van der Waals surface area contributed by atoms with Gasteiger partial charge in [0.25, 0.3) is 0 Å². The Bertz CT molecular complexity index is 351. The number of hydrogen-bond acceptors (Lipinski definition) is 2. The van der Waals surface area contributed by atoms with E-state index in [1.807, 2.05) is 13.8 Å². The molecule has 0 radical (unpaired) electrons. The van der Waals surface area contributed by atoms with E-state index in [1.54, 1.807) is 0 Å². The van der Waals surface area contributed by atoms with Crippen LogP contribution in [0.1, 0.15) is 46.0 Å². The molecule has 3 N–H and O–H groups in total. The van der Waals surface area contributed by atoms with Gasteiger partial charge in [-0.15, -0.1) is 0 Å². The van der Waals surface area contributed by atoms with Gasteiger partial charge in [0.15, 0.2) is 0 Å². The zero-order chi connectivity index (χ0) is 14.3. The summed E-state index contributed by atoms with van der Waals surface area (Å²) in [5.74, 6) is -0.757. The molecule has 0 fully saturated rings. The fourth-order valence-electron chi connectivity index (χ4n) is 2.20. The van der Waals surface area contributed by atoms with Crippen LogP contribution >= 0.6 is 0 Å². The van der Waals surface area contributed by atoms with Crippen molar-refractivity contribution < 1.29 is 14.7 Å². The number of hydrogen-bond donors (Lipinski definition) is 3. The number of carbonyl (C=O) groups is 2. The first kappa shape index (κ1) is 15.5. The van der Waals surface area contributed by atoms with E-state index in [4.69, 9.17) is 5.11 Å². The Labute approximate surface area is 114 Å². The van der Waals surface area contributed by atoms with Crippen molar-refractivity contribution in [3.8, 4) is 0 Å². The summed E-state index contributed by atoms with van der Waals surface area (Å²) in [7, 11) is 0. The first-order chi connectivity index (χ1) is 8.99. The third-order valence-corrected chi connectivity index (χ3v) is 3.18. The van der Waals surface area contributed by atoms with Crippen molar-refractivity contribution in [3.63, 3.8) is 0 Å². The van der Waals surface area contributed by atoms with E-state index in [2.05, 4.69) is 16.7 Å². The quantitative estimate of drug-likeness (QED) is 0.620. The summed E-state index contributed by atoms with van der Waals surface area (Å²) in [5.41, 5.74) is 1.39. The molecule has 19 heavy (non-hydrogen) atoms. The molecule has 1 aliphatic rings. The minimum Gasteiger partial charge on any atom is -0.480 e. The lowest BCUT2D eigenvalue weighted by Gasteiger charge is -2.17. The molecule has 0 saturated heterocycles. The van der Waals surface area contributed by atoms with Gasteiger partial charge in [0.2, 0.25) is 0 Å². The molecule has 0 aromatic carbocycles. The van der Waals surface area contributed by atoms with Crippen LogP contribution in [-0.4, -0.2) is 29.7 Å². The van der Waals surface area contributed by atoms with Crippen molar-refractivity contribution in [2.45, 2.75) is 52.0 Å². The van der Waals surface area contributed by atoms with Crippen LogP contribution in [0.2, 0.25) is 0 Å². The van der Waals surface area contributed by atoms with Crippen LogP contribution in [0.3, 0.4) is 0 Å². The van der Waals surface area contributed by atoms with Crippen LogP contribution in [-0.2, 0) is 4.79 Å². The summed E-state index contributed by atoms with van der Waals surface area (Å²) in [6.07, 6.45) is 6.98. The standard InChI is InChI=1S/C14H24N2O3/c1-10(2)9-12(13(17)18)16-14(19)15-8-7-11-5-3-4-6-11/h5,10,12H,3-4,6-9H2,1-2H3,(H,17,18)(H2,15,16,19)/t12-/m1/s1. The summed E-state index contributed by atoms with van der Waals surface area (Å²) in [6, 6.07) is -1.21. The Balaban J connectivity index is 2.25. The number of allylic oxidation sites excluding steroid dienone is 1. The summed E-state index contributed by atoms with van der Waals surface area (Å²) >= 11 is 0. The lowest BCUT2D eigenvalue weighted by molar-refractivity contribution is -0.139. The van der Waals surface area contributed by atoms with Crippen molar-refractivity contribution >= 4 is 12.0 Å². The molecule has 5 heteroatoms. The highest BCUT2D eigenvalue weighted by atomic mass is 16.4. The number of carboxylic acid groups (broad SMARTS) is 1. The predicted molar refractivity (Wildman–Crippen MR) is 74.0 cm³/mol. The highest BCUT2D eigenvalue weighted by Gasteiger charge is 2.20. The molecule has 0 aromatic rings. The van der Waals surface area contributed by atoms with E-state index in [1.165, 1.54) is 12.0 Å². The van der Waals surface area contributed by atoms with Gasteiger partial charge in [-0.3, -0.25) is 0 Å². The molecule has 5 nitrogen and oxygen atoms in total. The summed E-state index contributed by atoms with van der Waals surface area (Å²) in [5, 5.41) is 14.2. The Morgan fingerprint density at radius 3 is 2.68 bits per heavy atom. The first-order valence-electron chi connectivity index (χ1n) is 6.94. The summed E-state index contributed by atoms with van der Waals surface area (Å²) in [6.45, 7) is 4.43. The van der Waals surface area contributed by atoms with Crippen LogP contribution < -0.4 is 10.6 Å². The van der Waals surface area contributed by atoms with Crippen LogP contribution in [0.5, 0.6) is 0 Å². The molecule has 0 aliphatic heterocycles. The van der Waals surface area contributed by atoms with Crippen molar-refractivity contribution in [3.05, 3.63) is 11.6 Å². The second kappa shape index (κ2) is 7.81. The minimum atomic E-state index is -0.984. The Morgan fingerprint density at radius 2 is 2.16 bits per heavy atom. The number of urea groups is 1. The minimum absolute atomic E-state index is 0.227. The zero-order valence-corrected chi connectivity index (χ0v) is 11.7. The molecular formula is C14H24N2O3. The van der Waals surface area contributed by atoms with Crippen LogP contribution in [0.4, 0.5) is 4.79 Å². The number of aliphatic carboxylic acids is 1. The maximum atomic E-state index is 11.6. The summed E-state index contributed by atoms with van der Waals surface area (Å²) in [4.78, 5) is 22.6. The van der Waals surface area contributed by atoms with Crippen molar-refractivity contribution in [1.82, 2.24) is 10.6 Å². The Kier molecular flexibility index (Phi) is 6.39. The van der Waals surface area contributed by atoms with Gasteiger partial charge < -0.3 is 15.7 Å². The van der Waals surface area contributed by atoms with Gasteiger partial charge in [-0.2, -0.15) is 0 Å². The van der Waals surface area contributed by atoms with Gasteiger partial charge in [-0.1, -0.05) is 25.5 Å². The molecule has 0 aromatic heterocycles. The Morgan fingerprint density at radius 1 is 1.42 bits per heavy atom. The molecule has 1 aliphatic carbocycles. The second-order valence-electron chi connectivity index (χ2n) is 5.43. The lowest BCUT2D eigenvalue weighted by Crippen LogP contribution is -2.46. The molecule has 108 valence electrons. The molecular weight excluding hydrogens is 244 g/mol. The number of rotatable bonds is 7. The van der Waals surface area contributed by atoms with Gasteiger partial charge in [0.05, 0.1) is 0 Å². The third kappa shape index (κ3) is 6.27. The van der Waals surface area contributed by atoms with Gasteiger partial charge in [-0.05, 0) is 38.0 Å². The smallest absolute Gasteiger partial charge is 0.326 e. The van der Waals surface area contributed by atoms with Crippen molar-refractivity contribution in [2.24, 2.45) is 5.92 Å². The van der Waals surface area contributed by atoms with Crippen LogP contribution in [0, 0.1) is 5.92 Å². The fourth-order valence-corrected chi connectivity index (χ4v) is 2.20. The number of carboxylic acids is 1. The highest BCUT2D eigenvalue weighted by Crippen LogP contribution is 2.19. The highest BCUT2D eigenvalue weighted by molar-refractivity contribution is 5.82. The van der Waals surface area contributed by atoms with Gasteiger partial charge in [0.1, 0.15) is 6.04 Å². The predicted octanol–water partition coefficient (Wildman–Crippen LogP) is 2.29. The topological polar surface area (TPSA) is 78.4 Å². The van der Waals surface area contributed by atoms with Crippen LogP contribution in [0.25, 0.3) is 0 Å². The van der Waals surface area contributed by atoms with E-state index in [-0.39, 0.29) is 5.92 Å². The molecule has 0 bridgehead atoms. The van der Waals surface area contributed by atoms with E-state index < -0.39 is 18.0 Å². The maximum absolute atomic E-state index is 11.6. The Hall–Kier alpha value is -1.52. The largest absolute Gasteiger partial charge is 0.480 e.